The largest absolute Gasteiger partial charge is 0.364 e. The van der Waals surface area contributed by atoms with E-state index in [1.165, 1.54) is 4.88 Å². The summed E-state index contributed by atoms with van der Waals surface area (Å²) in [5.41, 5.74) is 1.96. The first-order valence-electron chi connectivity index (χ1n) is 6.44. The Morgan fingerprint density at radius 3 is 2.90 bits per heavy atom. The minimum absolute atomic E-state index is 0.702. The van der Waals surface area contributed by atoms with Gasteiger partial charge in [-0.3, -0.25) is 0 Å². The van der Waals surface area contributed by atoms with E-state index in [4.69, 9.17) is 0 Å². The maximum atomic E-state index is 4.60. The highest BCUT2D eigenvalue weighted by atomic mass is 32.1. The molecule has 3 heterocycles. The number of aromatic nitrogens is 3. The van der Waals surface area contributed by atoms with E-state index in [2.05, 4.69) is 43.8 Å². The van der Waals surface area contributed by atoms with Crippen molar-refractivity contribution < 1.29 is 0 Å². The van der Waals surface area contributed by atoms with Crippen LogP contribution in [0.3, 0.4) is 0 Å². The molecule has 3 aromatic heterocycles. The Morgan fingerprint density at radius 2 is 2.20 bits per heavy atom. The predicted octanol–water partition coefficient (Wildman–Crippen LogP) is 3.01. The molecular weight excluding hydrogens is 270 g/mol. The summed E-state index contributed by atoms with van der Waals surface area (Å²) in [5.74, 6) is 1.57. The van der Waals surface area contributed by atoms with Gasteiger partial charge in [-0.1, -0.05) is 6.07 Å². The molecule has 0 aliphatic carbocycles. The highest BCUT2D eigenvalue weighted by molar-refractivity contribution is 7.09. The first-order valence-corrected chi connectivity index (χ1v) is 7.32. The SMILES string of the molecule is Cc1cc2c(NCc3cccs3)nc(N(C)C)nc2[nH]1. The molecule has 6 heteroatoms. The Labute approximate surface area is 121 Å². The zero-order valence-corrected chi connectivity index (χ0v) is 12.6. The standard InChI is InChI=1S/C14H17N5S/c1-9-7-11-12(15-8-10-5-4-6-20-10)17-14(19(2)3)18-13(11)16-9/h4-7H,8H2,1-3H3,(H2,15,16,17,18). The fourth-order valence-corrected chi connectivity index (χ4v) is 2.69. The molecule has 3 rings (SSSR count). The van der Waals surface area contributed by atoms with Gasteiger partial charge in [0, 0.05) is 24.7 Å². The summed E-state index contributed by atoms with van der Waals surface area (Å²) >= 11 is 1.74. The lowest BCUT2D eigenvalue weighted by atomic mass is 10.3. The quantitative estimate of drug-likeness (QED) is 0.774. The average molecular weight is 287 g/mol. The van der Waals surface area contributed by atoms with Gasteiger partial charge >= 0.3 is 0 Å². The lowest BCUT2D eigenvalue weighted by molar-refractivity contribution is 1.00. The maximum Gasteiger partial charge on any atom is 0.228 e. The van der Waals surface area contributed by atoms with Crippen molar-refractivity contribution in [2.75, 3.05) is 24.3 Å². The Balaban J connectivity index is 1.98. The molecule has 0 aliphatic rings. The lowest BCUT2D eigenvalue weighted by Crippen LogP contribution is -2.14. The van der Waals surface area contributed by atoms with Crippen LogP contribution in [0.25, 0.3) is 11.0 Å². The first kappa shape index (κ1) is 12.9. The van der Waals surface area contributed by atoms with Gasteiger partial charge in [0.1, 0.15) is 11.5 Å². The molecule has 0 bridgehead atoms. The highest BCUT2D eigenvalue weighted by Crippen LogP contribution is 2.24. The maximum absolute atomic E-state index is 4.60. The van der Waals surface area contributed by atoms with Crippen molar-refractivity contribution in [1.29, 1.82) is 0 Å². The van der Waals surface area contributed by atoms with E-state index in [0.717, 1.165) is 29.1 Å². The Bertz CT molecular complexity index is 715. The Kier molecular flexibility index (Phi) is 3.31. The second-order valence-electron chi connectivity index (χ2n) is 4.91. The minimum Gasteiger partial charge on any atom is -0.364 e. The molecule has 0 radical (unpaired) electrons. The van der Waals surface area contributed by atoms with Crippen LogP contribution in [0.5, 0.6) is 0 Å². The van der Waals surface area contributed by atoms with Gasteiger partial charge in [-0.2, -0.15) is 9.97 Å². The number of rotatable bonds is 4. The molecule has 0 fully saturated rings. The van der Waals surface area contributed by atoms with Gasteiger partial charge < -0.3 is 15.2 Å². The second-order valence-corrected chi connectivity index (χ2v) is 5.95. The number of nitrogens with zero attached hydrogens (tertiary/aromatic N) is 3. The fraction of sp³-hybridized carbons (Fsp3) is 0.286. The van der Waals surface area contributed by atoms with Crippen molar-refractivity contribution in [1.82, 2.24) is 15.0 Å². The number of hydrogen-bond acceptors (Lipinski definition) is 5. The van der Waals surface area contributed by atoms with Crippen LogP contribution in [0.2, 0.25) is 0 Å². The molecule has 0 atom stereocenters. The van der Waals surface area contributed by atoms with Gasteiger partial charge in [-0.25, -0.2) is 0 Å². The third kappa shape index (κ3) is 2.46. The van der Waals surface area contributed by atoms with E-state index >= 15 is 0 Å². The van der Waals surface area contributed by atoms with Crippen LogP contribution in [0.1, 0.15) is 10.6 Å². The van der Waals surface area contributed by atoms with E-state index in [9.17, 15) is 0 Å². The normalized spacial score (nSPS) is 10.9. The zero-order valence-electron chi connectivity index (χ0n) is 11.8. The fourth-order valence-electron chi connectivity index (χ4n) is 2.05. The van der Waals surface area contributed by atoms with E-state index < -0.39 is 0 Å². The van der Waals surface area contributed by atoms with Crippen molar-refractivity contribution in [3.8, 4) is 0 Å². The molecule has 0 aliphatic heterocycles. The molecule has 2 N–H and O–H groups in total. The third-order valence-corrected chi connectivity index (χ3v) is 3.90. The van der Waals surface area contributed by atoms with Gasteiger partial charge in [-0.05, 0) is 24.4 Å². The van der Waals surface area contributed by atoms with Gasteiger partial charge in [0.2, 0.25) is 5.95 Å². The van der Waals surface area contributed by atoms with E-state index in [1.807, 2.05) is 25.9 Å². The number of anilines is 2. The molecular formula is C14H17N5S. The smallest absolute Gasteiger partial charge is 0.228 e. The molecule has 0 unspecified atom stereocenters. The van der Waals surface area contributed by atoms with Gasteiger partial charge in [-0.15, -0.1) is 11.3 Å². The van der Waals surface area contributed by atoms with Gasteiger partial charge in [0.25, 0.3) is 0 Å². The van der Waals surface area contributed by atoms with Crippen LogP contribution >= 0.6 is 11.3 Å². The van der Waals surface area contributed by atoms with Crippen molar-refractivity contribution in [3.05, 3.63) is 34.2 Å². The van der Waals surface area contributed by atoms with Crippen LogP contribution in [-0.2, 0) is 6.54 Å². The number of fused-ring (bicyclic) bond motifs is 1. The van der Waals surface area contributed by atoms with Crippen molar-refractivity contribution in [2.45, 2.75) is 13.5 Å². The van der Waals surface area contributed by atoms with Crippen molar-refractivity contribution >= 4 is 34.1 Å². The number of nitrogens with one attached hydrogen (secondary N) is 2. The summed E-state index contributed by atoms with van der Waals surface area (Å²) in [5, 5.41) is 6.53. The second kappa shape index (κ2) is 5.13. The molecule has 0 amide bonds. The monoisotopic (exact) mass is 287 g/mol. The molecule has 20 heavy (non-hydrogen) atoms. The number of H-pyrrole nitrogens is 1. The Hall–Kier alpha value is -2.08. The van der Waals surface area contributed by atoms with E-state index in [-0.39, 0.29) is 0 Å². The van der Waals surface area contributed by atoms with Crippen LogP contribution in [0, 0.1) is 6.92 Å². The average Bonchev–Trinajstić information content (AvgIpc) is 3.03. The number of aromatic amines is 1. The summed E-state index contributed by atoms with van der Waals surface area (Å²) in [6.45, 7) is 2.81. The molecule has 0 saturated carbocycles. The summed E-state index contributed by atoms with van der Waals surface area (Å²) in [6, 6.07) is 6.25. The predicted molar refractivity (Wildman–Crippen MR) is 84.6 cm³/mol. The molecule has 0 aromatic carbocycles. The Morgan fingerprint density at radius 1 is 1.35 bits per heavy atom. The number of aryl methyl sites for hydroxylation is 1. The molecule has 3 aromatic rings. The zero-order chi connectivity index (χ0) is 14.1. The lowest BCUT2D eigenvalue weighted by Gasteiger charge is -2.12. The molecule has 0 spiro atoms. The number of thiophene rings is 1. The summed E-state index contributed by atoms with van der Waals surface area (Å²) < 4.78 is 0. The summed E-state index contributed by atoms with van der Waals surface area (Å²) in [4.78, 5) is 15.6. The van der Waals surface area contributed by atoms with Crippen LogP contribution in [-0.4, -0.2) is 29.0 Å². The topological polar surface area (TPSA) is 56.8 Å². The number of hydrogen-bond donors (Lipinski definition) is 2. The van der Waals surface area contributed by atoms with E-state index in [1.54, 1.807) is 11.3 Å². The molecule has 0 saturated heterocycles. The molecule has 104 valence electrons. The van der Waals surface area contributed by atoms with E-state index in [0.29, 0.717) is 5.95 Å². The molecule has 5 nitrogen and oxygen atoms in total. The van der Waals surface area contributed by atoms with Crippen LogP contribution < -0.4 is 10.2 Å². The van der Waals surface area contributed by atoms with Gasteiger partial charge in [0.15, 0.2) is 0 Å². The first-order chi connectivity index (χ1) is 9.63. The van der Waals surface area contributed by atoms with Crippen LogP contribution in [0.4, 0.5) is 11.8 Å². The minimum atomic E-state index is 0.702. The summed E-state index contributed by atoms with van der Waals surface area (Å²) in [6.07, 6.45) is 0. The van der Waals surface area contributed by atoms with Crippen molar-refractivity contribution in [2.24, 2.45) is 0 Å². The van der Waals surface area contributed by atoms with Crippen LogP contribution in [0.15, 0.2) is 23.6 Å². The summed E-state index contributed by atoms with van der Waals surface area (Å²) in [7, 11) is 3.89. The highest BCUT2D eigenvalue weighted by Gasteiger charge is 2.11. The third-order valence-electron chi connectivity index (χ3n) is 3.02. The van der Waals surface area contributed by atoms with Crippen molar-refractivity contribution in [3.63, 3.8) is 0 Å². The van der Waals surface area contributed by atoms with Gasteiger partial charge in [0.05, 0.1) is 11.9 Å².